The summed E-state index contributed by atoms with van der Waals surface area (Å²) >= 11 is 0. The Bertz CT molecular complexity index is 257. The highest BCUT2D eigenvalue weighted by molar-refractivity contribution is 5.76. The van der Waals surface area contributed by atoms with Crippen LogP contribution < -0.4 is 5.32 Å². The number of amides is 1. The molecule has 0 aromatic carbocycles. The summed E-state index contributed by atoms with van der Waals surface area (Å²) in [5.41, 5.74) is 0. The van der Waals surface area contributed by atoms with E-state index in [2.05, 4.69) is 5.32 Å². The number of nitrogens with zero attached hydrogens (tertiary/aromatic N) is 1. The molecule has 0 radical (unpaired) electrons. The lowest BCUT2D eigenvalue weighted by Gasteiger charge is -2.27. The normalized spacial score (nSPS) is 28.9. The smallest absolute Gasteiger partial charge is 0.222 e. The standard InChI is InChI=1S/C14H26N2O2/c1-16(12-4-2-9-15-10-8-12)14(17)7-6-13-5-3-11-18-13/h12-13,15H,2-11H2,1H3. The average molecular weight is 254 g/mol. The quantitative estimate of drug-likeness (QED) is 0.827. The second-order valence-corrected chi connectivity index (χ2v) is 5.51. The number of carbonyl (C=O) groups is 1. The van der Waals surface area contributed by atoms with Crippen molar-refractivity contribution >= 4 is 5.91 Å². The van der Waals surface area contributed by atoms with Gasteiger partial charge in [0.15, 0.2) is 0 Å². The first-order valence-electron chi connectivity index (χ1n) is 7.35. The third kappa shape index (κ3) is 3.95. The van der Waals surface area contributed by atoms with Crippen LogP contribution in [-0.4, -0.2) is 49.7 Å². The molecule has 2 unspecified atom stereocenters. The lowest BCUT2D eigenvalue weighted by atomic mass is 10.1. The van der Waals surface area contributed by atoms with E-state index in [1.165, 1.54) is 6.42 Å². The minimum absolute atomic E-state index is 0.289. The molecule has 0 aromatic rings. The predicted molar refractivity (Wildman–Crippen MR) is 71.5 cm³/mol. The molecule has 0 saturated carbocycles. The molecular weight excluding hydrogens is 228 g/mol. The molecule has 1 amide bonds. The van der Waals surface area contributed by atoms with Gasteiger partial charge in [0.2, 0.25) is 5.91 Å². The molecule has 2 saturated heterocycles. The molecule has 0 bridgehead atoms. The number of hydrogen-bond donors (Lipinski definition) is 1. The molecule has 0 aromatic heterocycles. The van der Waals surface area contributed by atoms with Gasteiger partial charge in [-0.15, -0.1) is 0 Å². The molecule has 0 spiro atoms. The van der Waals surface area contributed by atoms with Gasteiger partial charge < -0.3 is 15.0 Å². The maximum absolute atomic E-state index is 12.2. The molecule has 4 heteroatoms. The topological polar surface area (TPSA) is 41.6 Å². The fourth-order valence-corrected chi connectivity index (χ4v) is 2.92. The molecule has 2 heterocycles. The molecule has 18 heavy (non-hydrogen) atoms. The van der Waals surface area contributed by atoms with Crippen LogP contribution >= 0.6 is 0 Å². The second-order valence-electron chi connectivity index (χ2n) is 5.51. The van der Waals surface area contributed by atoms with E-state index < -0.39 is 0 Å². The van der Waals surface area contributed by atoms with E-state index in [1.54, 1.807) is 0 Å². The van der Waals surface area contributed by atoms with Crippen molar-refractivity contribution in [3.63, 3.8) is 0 Å². The molecule has 2 aliphatic heterocycles. The monoisotopic (exact) mass is 254 g/mol. The van der Waals surface area contributed by atoms with Gasteiger partial charge in [0.1, 0.15) is 0 Å². The Hall–Kier alpha value is -0.610. The minimum Gasteiger partial charge on any atom is -0.378 e. The molecule has 104 valence electrons. The molecule has 2 atom stereocenters. The van der Waals surface area contributed by atoms with Crippen LogP contribution in [0.5, 0.6) is 0 Å². The van der Waals surface area contributed by atoms with Crippen LogP contribution in [0.2, 0.25) is 0 Å². The van der Waals surface area contributed by atoms with Gasteiger partial charge in [-0.3, -0.25) is 4.79 Å². The largest absolute Gasteiger partial charge is 0.378 e. The van der Waals surface area contributed by atoms with E-state index in [-0.39, 0.29) is 5.91 Å². The fourth-order valence-electron chi connectivity index (χ4n) is 2.92. The zero-order valence-electron chi connectivity index (χ0n) is 11.5. The Kier molecular flexibility index (Phi) is 5.45. The van der Waals surface area contributed by atoms with E-state index in [0.717, 1.165) is 51.8 Å². The Morgan fingerprint density at radius 3 is 2.94 bits per heavy atom. The van der Waals surface area contributed by atoms with E-state index in [4.69, 9.17) is 4.74 Å². The highest BCUT2D eigenvalue weighted by Crippen LogP contribution is 2.19. The van der Waals surface area contributed by atoms with E-state index >= 15 is 0 Å². The number of hydrogen-bond acceptors (Lipinski definition) is 3. The summed E-state index contributed by atoms with van der Waals surface area (Å²) in [6.07, 6.45) is 7.55. The van der Waals surface area contributed by atoms with Crippen LogP contribution in [0, 0.1) is 0 Å². The zero-order chi connectivity index (χ0) is 12.8. The van der Waals surface area contributed by atoms with Gasteiger partial charge >= 0.3 is 0 Å². The Labute approximate surface area is 110 Å². The maximum Gasteiger partial charge on any atom is 0.222 e. The predicted octanol–water partition coefficient (Wildman–Crippen LogP) is 1.55. The summed E-state index contributed by atoms with van der Waals surface area (Å²) < 4.78 is 5.57. The summed E-state index contributed by atoms with van der Waals surface area (Å²) in [6, 6.07) is 0.428. The highest BCUT2D eigenvalue weighted by atomic mass is 16.5. The van der Waals surface area contributed by atoms with Crippen LogP contribution in [0.3, 0.4) is 0 Å². The van der Waals surface area contributed by atoms with Gasteiger partial charge in [0.05, 0.1) is 6.10 Å². The Morgan fingerprint density at radius 2 is 2.17 bits per heavy atom. The number of ether oxygens (including phenoxy) is 1. The summed E-state index contributed by atoms with van der Waals surface area (Å²) in [5.74, 6) is 0.289. The van der Waals surface area contributed by atoms with Crippen molar-refractivity contribution in [2.45, 2.75) is 57.1 Å². The van der Waals surface area contributed by atoms with E-state index in [0.29, 0.717) is 18.6 Å². The van der Waals surface area contributed by atoms with E-state index in [1.807, 2.05) is 11.9 Å². The van der Waals surface area contributed by atoms with Crippen molar-refractivity contribution in [3.8, 4) is 0 Å². The third-order valence-corrected chi connectivity index (χ3v) is 4.19. The van der Waals surface area contributed by atoms with Crippen molar-refractivity contribution in [1.29, 1.82) is 0 Å². The van der Waals surface area contributed by atoms with Crippen LogP contribution in [-0.2, 0) is 9.53 Å². The van der Waals surface area contributed by atoms with Crippen LogP contribution in [0.4, 0.5) is 0 Å². The lowest BCUT2D eigenvalue weighted by Crippen LogP contribution is -2.37. The van der Waals surface area contributed by atoms with Crippen LogP contribution in [0.1, 0.15) is 44.9 Å². The summed E-state index contributed by atoms with van der Waals surface area (Å²) in [7, 11) is 1.97. The van der Waals surface area contributed by atoms with Gasteiger partial charge in [0, 0.05) is 26.1 Å². The second kappa shape index (κ2) is 7.10. The fraction of sp³-hybridized carbons (Fsp3) is 0.929. The zero-order valence-corrected chi connectivity index (χ0v) is 11.5. The average Bonchev–Trinajstić information content (AvgIpc) is 2.75. The number of carbonyl (C=O) groups excluding carboxylic acids is 1. The SMILES string of the molecule is CN(C(=O)CCC1CCCO1)C1CCCNCC1. The van der Waals surface area contributed by atoms with Crippen molar-refractivity contribution in [1.82, 2.24) is 10.2 Å². The van der Waals surface area contributed by atoms with Crippen molar-refractivity contribution in [2.75, 3.05) is 26.7 Å². The first kappa shape index (κ1) is 13.8. The van der Waals surface area contributed by atoms with Crippen LogP contribution in [0.15, 0.2) is 0 Å². The first-order chi connectivity index (χ1) is 8.77. The van der Waals surface area contributed by atoms with E-state index in [9.17, 15) is 4.79 Å². The Balaban J connectivity index is 1.72. The van der Waals surface area contributed by atoms with Gasteiger partial charge in [-0.1, -0.05) is 0 Å². The molecule has 0 aliphatic carbocycles. The molecule has 1 N–H and O–H groups in total. The summed E-state index contributed by atoms with van der Waals surface area (Å²) in [5, 5.41) is 3.39. The van der Waals surface area contributed by atoms with Crippen molar-refractivity contribution in [2.24, 2.45) is 0 Å². The highest BCUT2D eigenvalue weighted by Gasteiger charge is 2.22. The van der Waals surface area contributed by atoms with Gasteiger partial charge in [-0.05, 0) is 51.6 Å². The molecule has 2 aliphatic rings. The molecule has 2 rings (SSSR count). The lowest BCUT2D eigenvalue weighted by molar-refractivity contribution is -0.132. The van der Waals surface area contributed by atoms with Gasteiger partial charge in [-0.25, -0.2) is 0 Å². The maximum atomic E-state index is 12.2. The Morgan fingerprint density at radius 1 is 1.28 bits per heavy atom. The number of rotatable bonds is 4. The summed E-state index contributed by atoms with van der Waals surface area (Å²) in [4.78, 5) is 14.1. The minimum atomic E-state index is 0.289. The van der Waals surface area contributed by atoms with Crippen LogP contribution in [0.25, 0.3) is 0 Å². The first-order valence-corrected chi connectivity index (χ1v) is 7.35. The van der Waals surface area contributed by atoms with Gasteiger partial charge in [0.25, 0.3) is 0 Å². The van der Waals surface area contributed by atoms with Crippen molar-refractivity contribution < 1.29 is 9.53 Å². The summed E-state index contributed by atoms with van der Waals surface area (Å²) in [6.45, 7) is 3.01. The third-order valence-electron chi connectivity index (χ3n) is 4.19. The van der Waals surface area contributed by atoms with Gasteiger partial charge in [-0.2, -0.15) is 0 Å². The molecule has 2 fully saturated rings. The number of nitrogens with one attached hydrogen (secondary N) is 1. The molecule has 4 nitrogen and oxygen atoms in total. The van der Waals surface area contributed by atoms with Crippen molar-refractivity contribution in [3.05, 3.63) is 0 Å². The molecular formula is C14H26N2O2.